The van der Waals surface area contributed by atoms with E-state index in [4.69, 9.17) is 9.97 Å². The zero-order valence-corrected chi connectivity index (χ0v) is 29.9. The molecule has 1 saturated heterocycles. The Morgan fingerprint density at radius 3 is 2.63 bits per heavy atom. The van der Waals surface area contributed by atoms with Gasteiger partial charge in [-0.25, -0.2) is 9.97 Å². The lowest BCUT2D eigenvalue weighted by molar-refractivity contribution is -0.137. The van der Waals surface area contributed by atoms with Crippen molar-refractivity contribution in [3.05, 3.63) is 95.0 Å². The highest BCUT2D eigenvalue weighted by Gasteiger charge is 2.39. The smallest absolute Gasteiger partial charge is 0.269 e. The van der Waals surface area contributed by atoms with Crippen LogP contribution in [0.15, 0.2) is 61.1 Å². The second-order valence-electron chi connectivity index (χ2n) is 13.5. The van der Waals surface area contributed by atoms with Crippen molar-refractivity contribution >= 4 is 35.1 Å². The molecule has 3 aliphatic rings. The molecule has 1 unspecified atom stereocenters. The number of nitrogens with one attached hydrogen (secondary N) is 2. The van der Waals surface area contributed by atoms with Gasteiger partial charge in [-0.3, -0.25) is 38.7 Å². The molecule has 0 radical (unpaired) electrons. The maximum atomic E-state index is 13.1. The minimum atomic E-state index is -0.692. The van der Waals surface area contributed by atoms with Crippen molar-refractivity contribution in [3.63, 3.8) is 0 Å². The minimum Gasteiger partial charge on any atom is -0.350 e. The van der Waals surface area contributed by atoms with Gasteiger partial charge in [0.25, 0.3) is 11.8 Å². The van der Waals surface area contributed by atoms with E-state index in [1.807, 2.05) is 39.6 Å². The van der Waals surface area contributed by atoms with Gasteiger partial charge in [-0.1, -0.05) is 30.9 Å². The predicted molar refractivity (Wildman–Crippen MR) is 196 cm³/mol. The normalized spacial score (nSPS) is 16.5. The number of imidazole rings is 2. The number of hydrogen-bond acceptors (Lipinski definition) is 8. The first-order chi connectivity index (χ1) is 26.2. The summed E-state index contributed by atoms with van der Waals surface area (Å²) in [6.45, 7) is 6.09. The average molecular weight is 724 g/mol. The first-order valence-electron chi connectivity index (χ1n) is 18.0. The zero-order chi connectivity index (χ0) is 37.5. The van der Waals surface area contributed by atoms with Gasteiger partial charge >= 0.3 is 0 Å². The van der Waals surface area contributed by atoms with Crippen molar-refractivity contribution in [2.75, 3.05) is 13.1 Å². The number of piperidine rings is 1. The lowest BCUT2D eigenvalue weighted by Crippen LogP contribution is -2.52. The van der Waals surface area contributed by atoms with E-state index in [0.29, 0.717) is 50.1 Å². The molecule has 1 fully saturated rings. The molecule has 8 rings (SSSR count). The Hall–Kier alpha value is -6.62. The summed E-state index contributed by atoms with van der Waals surface area (Å²) in [5.41, 5.74) is 7.26. The fourth-order valence-corrected chi connectivity index (χ4v) is 7.48. The number of pyridine rings is 2. The van der Waals surface area contributed by atoms with Crippen molar-refractivity contribution in [1.29, 1.82) is 0 Å². The van der Waals surface area contributed by atoms with Gasteiger partial charge in [0.2, 0.25) is 17.7 Å². The second kappa shape index (κ2) is 14.1. The summed E-state index contributed by atoms with van der Waals surface area (Å²) in [5.74, 6) is 5.86. The molecule has 0 bridgehead atoms. The number of carbonyl (C=O) groups excluding carboxylic acids is 5. The third-order valence-corrected chi connectivity index (χ3v) is 10.3. The fraction of sp³-hybridized carbons (Fsp3) is 0.300. The number of fused-ring (bicyclic) bond motifs is 3. The molecule has 7 heterocycles. The van der Waals surface area contributed by atoms with E-state index in [-0.39, 0.29) is 42.3 Å². The number of nitrogens with zero attached hydrogens (tertiary/aromatic N) is 7. The number of amides is 5. The summed E-state index contributed by atoms with van der Waals surface area (Å²) in [6, 6.07) is 14.1. The topological polar surface area (TPSA) is 164 Å². The summed E-state index contributed by atoms with van der Waals surface area (Å²) >= 11 is 0. The number of imide groups is 1. The maximum absolute atomic E-state index is 13.1. The predicted octanol–water partition coefficient (Wildman–Crippen LogP) is 3.12. The quantitative estimate of drug-likeness (QED) is 0.147. The number of carbonyl (C=O) groups is 5. The number of aromatic nitrogens is 5. The Morgan fingerprint density at radius 2 is 1.85 bits per heavy atom. The first-order valence-corrected chi connectivity index (χ1v) is 18.0. The molecule has 1 aromatic carbocycles. The highest BCUT2D eigenvalue weighted by molar-refractivity contribution is 6.05. The lowest BCUT2D eigenvalue weighted by atomic mass is 10.0. The molecular weight excluding hydrogens is 686 g/mol. The second-order valence-corrected chi connectivity index (χ2v) is 13.5. The van der Waals surface area contributed by atoms with Gasteiger partial charge in [-0.15, -0.1) is 0 Å². The third kappa shape index (κ3) is 6.17. The van der Waals surface area contributed by atoms with Crippen LogP contribution in [0, 0.1) is 11.8 Å². The van der Waals surface area contributed by atoms with Gasteiger partial charge in [0.05, 0.1) is 29.1 Å². The van der Waals surface area contributed by atoms with Gasteiger partial charge in [-0.05, 0) is 48.4 Å². The van der Waals surface area contributed by atoms with Crippen molar-refractivity contribution in [1.82, 2.24) is 44.4 Å². The van der Waals surface area contributed by atoms with E-state index in [9.17, 15) is 24.0 Å². The van der Waals surface area contributed by atoms with Crippen LogP contribution >= 0.6 is 0 Å². The van der Waals surface area contributed by atoms with E-state index in [2.05, 4.69) is 38.9 Å². The summed E-state index contributed by atoms with van der Waals surface area (Å²) in [6.07, 6.45) is 5.04. The molecule has 0 saturated carbocycles. The Balaban J connectivity index is 0.920. The largest absolute Gasteiger partial charge is 0.350 e. The number of hydrogen-bond donors (Lipinski definition) is 2. The molecule has 272 valence electrons. The van der Waals surface area contributed by atoms with Crippen LogP contribution in [0.25, 0.3) is 28.2 Å². The molecule has 0 aliphatic carbocycles. The molecule has 3 aliphatic heterocycles. The van der Waals surface area contributed by atoms with Crippen LogP contribution in [0.4, 0.5) is 0 Å². The number of aryl methyl sites for hydroxylation is 1. The van der Waals surface area contributed by atoms with Crippen LogP contribution in [0.1, 0.15) is 76.6 Å². The Morgan fingerprint density at radius 1 is 1.00 bits per heavy atom. The molecule has 4 aromatic heterocycles. The van der Waals surface area contributed by atoms with Gasteiger partial charge in [0.15, 0.2) is 0 Å². The third-order valence-electron chi connectivity index (χ3n) is 10.3. The molecule has 54 heavy (non-hydrogen) atoms. The Bertz CT molecular complexity index is 2430. The van der Waals surface area contributed by atoms with Gasteiger partial charge < -0.3 is 19.7 Å². The molecule has 0 spiro atoms. The van der Waals surface area contributed by atoms with Crippen molar-refractivity contribution in [2.24, 2.45) is 0 Å². The summed E-state index contributed by atoms with van der Waals surface area (Å²) in [4.78, 5) is 79.8. The molecule has 14 heteroatoms. The maximum Gasteiger partial charge on any atom is 0.269 e. The van der Waals surface area contributed by atoms with Gasteiger partial charge in [0.1, 0.15) is 29.6 Å². The van der Waals surface area contributed by atoms with Gasteiger partial charge in [0, 0.05) is 75.3 Å². The summed E-state index contributed by atoms with van der Waals surface area (Å²) in [7, 11) is 0. The molecular formula is C40H37N9O5. The van der Waals surface area contributed by atoms with Crippen LogP contribution in [0.2, 0.25) is 0 Å². The van der Waals surface area contributed by atoms with E-state index in [1.165, 1.54) is 4.90 Å². The van der Waals surface area contributed by atoms with E-state index in [1.54, 1.807) is 37.6 Å². The standard InChI is InChI=1S/C40H37N9O5/c1-3-34-44-37(33-22-46(24(2)50)18-19-47(33)34)31-12-7-11-30-36(43-23-49(30)31)26-13-14-29(42-20-26)38(52)41-17-5-4-8-25-9-6-10-27-28(25)21-48(40(27)54)32-15-16-35(51)45-39(32)53/h6-7,9-14,20,23,32H,3,5,15-19,21-22H2,1-2H3,(H,41,52)(H,45,51,53). The van der Waals surface area contributed by atoms with E-state index >= 15 is 0 Å². The van der Waals surface area contributed by atoms with Crippen molar-refractivity contribution in [3.8, 4) is 34.5 Å². The molecule has 14 nitrogen and oxygen atoms in total. The zero-order valence-electron chi connectivity index (χ0n) is 29.9. The average Bonchev–Trinajstić information content (AvgIpc) is 3.88. The number of rotatable bonds is 7. The summed E-state index contributed by atoms with van der Waals surface area (Å²) in [5, 5.41) is 5.18. The Kier molecular flexibility index (Phi) is 8.98. The van der Waals surface area contributed by atoms with Crippen LogP contribution in [-0.2, 0) is 40.4 Å². The van der Waals surface area contributed by atoms with Crippen LogP contribution in [0.5, 0.6) is 0 Å². The van der Waals surface area contributed by atoms with Crippen LogP contribution < -0.4 is 10.6 Å². The van der Waals surface area contributed by atoms with Crippen LogP contribution in [0.3, 0.4) is 0 Å². The molecule has 2 N–H and O–H groups in total. The summed E-state index contributed by atoms with van der Waals surface area (Å²) < 4.78 is 4.23. The van der Waals surface area contributed by atoms with E-state index in [0.717, 1.165) is 51.7 Å². The molecule has 1 atom stereocenters. The van der Waals surface area contributed by atoms with E-state index < -0.39 is 11.9 Å². The SMILES string of the molecule is CCc1nc(-c2cccc3c(-c4ccc(C(=O)NCCC#Cc5cccc6c5CN(C5CCC(=O)NC5=O)C6=O)nc4)ncn23)c2n1CCN(C(C)=O)C2. The highest BCUT2D eigenvalue weighted by Crippen LogP contribution is 2.32. The Labute approximate surface area is 310 Å². The molecule has 5 aromatic rings. The van der Waals surface area contributed by atoms with Gasteiger partial charge in [-0.2, -0.15) is 0 Å². The highest BCUT2D eigenvalue weighted by atomic mass is 16.2. The number of benzene rings is 1. The van der Waals surface area contributed by atoms with Crippen molar-refractivity contribution in [2.45, 2.75) is 65.2 Å². The lowest BCUT2D eigenvalue weighted by Gasteiger charge is -2.29. The first kappa shape index (κ1) is 34.5. The monoisotopic (exact) mass is 723 g/mol. The minimum absolute atomic E-state index is 0.0427. The fourth-order valence-electron chi connectivity index (χ4n) is 7.48. The van der Waals surface area contributed by atoms with Crippen LogP contribution in [-0.4, -0.2) is 82.4 Å². The van der Waals surface area contributed by atoms with Crippen molar-refractivity contribution < 1.29 is 24.0 Å². The molecule has 5 amide bonds.